The largest absolute Gasteiger partial charge is 0.471 e. The number of carbonyl (C=O) groups is 1. The highest BCUT2D eigenvalue weighted by Gasteiger charge is 2.12. The molecule has 1 atom stereocenters. The predicted molar refractivity (Wildman–Crippen MR) is 110 cm³/mol. The van der Waals surface area contributed by atoms with E-state index in [0.717, 1.165) is 24.3 Å². The van der Waals surface area contributed by atoms with Gasteiger partial charge >= 0.3 is 0 Å². The van der Waals surface area contributed by atoms with Gasteiger partial charge in [0.05, 0.1) is 7.11 Å². The summed E-state index contributed by atoms with van der Waals surface area (Å²) in [6, 6.07) is 17.0. The highest BCUT2D eigenvalue weighted by Crippen LogP contribution is 2.17. The molecule has 3 nitrogen and oxygen atoms in total. The van der Waals surface area contributed by atoms with Crippen molar-refractivity contribution in [2.24, 2.45) is 0 Å². The zero-order valence-electron chi connectivity index (χ0n) is 16.1. The van der Waals surface area contributed by atoms with Crippen molar-refractivity contribution in [1.82, 2.24) is 0 Å². The molecule has 0 bridgehead atoms. The second-order valence-electron chi connectivity index (χ2n) is 6.01. The van der Waals surface area contributed by atoms with E-state index in [-0.39, 0.29) is 0 Å². The number of benzene rings is 2. The van der Waals surface area contributed by atoms with Crippen molar-refractivity contribution < 1.29 is 13.7 Å². The Hall–Kier alpha value is -1.94. The molecule has 0 saturated carbocycles. The lowest BCUT2D eigenvalue weighted by atomic mass is 10.0. The standard InChI is InChI=1S/C11H16.C9H10OS.C2H4O2/c1-3-7-11-9-6-5-8-10(11)4-2;10-11-6-5-8-3-1-2-4-9(8)7-11;1-4-2-3/h5-6,8-9H,3-4,7H2,1-2H3;1-4H,5-7H2;2H,1H3. The molecular weight excluding hydrogens is 344 g/mol. The molecule has 0 amide bonds. The van der Waals surface area contributed by atoms with E-state index in [1.165, 1.54) is 42.2 Å². The van der Waals surface area contributed by atoms with Crippen molar-refractivity contribution in [1.29, 1.82) is 0 Å². The quantitative estimate of drug-likeness (QED) is 0.741. The molecule has 26 heavy (non-hydrogen) atoms. The van der Waals surface area contributed by atoms with Crippen LogP contribution in [0.15, 0.2) is 48.5 Å². The number of methoxy groups -OCH3 is 1. The van der Waals surface area contributed by atoms with Crippen LogP contribution in [0.25, 0.3) is 0 Å². The Balaban J connectivity index is 0.000000217. The van der Waals surface area contributed by atoms with Gasteiger partial charge < -0.3 is 4.74 Å². The number of fused-ring (bicyclic) bond motifs is 1. The van der Waals surface area contributed by atoms with Crippen molar-refractivity contribution in [2.45, 2.75) is 45.3 Å². The summed E-state index contributed by atoms with van der Waals surface area (Å²) < 4.78 is 15.0. The van der Waals surface area contributed by atoms with Crippen molar-refractivity contribution >= 4 is 17.3 Å². The van der Waals surface area contributed by atoms with E-state index in [0.29, 0.717) is 6.47 Å². The maximum absolute atomic E-state index is 11.1. The van der Waals surface area contributed by atoms with Gasteiger partial charge in [0.25, 0.3) is 6.47 Å². The summed E-state index contributed by atoms with van der Waals surface area (Å²) in [5, 5.41) is 0. The number of hydrogen-bond acceptors (Lipinski definition) is 3. The number of carbonyl (C=O) groups excluding carboxylic acids is 1. The van der Waals surface area contributed by atoms with Crippen LogP contribution in [0.4, 0.5) is 0 Å². The minimum absolute atomic E-state index is 0.375. The Morgan fingerprint density at radius 3 is 2.15 bits per heavy atom. The monoisotopic (exact) mass is 374 g/mol. The van der Waals surface area contributed by atoms with E-state index in [1.54, 1.807) is 0 Å². The molecule has 0 aliphatic carbocycles. The summed E-state index contributed by atoms with van der Waals surface area (Å²) in [5.41, 5.74) is 5.69. The minimum Gasteiger partial charge on any atom is -0.471 e. The van der Waals surface area contributed by atoms with Gasteiger partial charge in [0.1, 0.15) is 0 Å². The summed E-state index contributed by atoms with van der Waals surface area (Å²) in [4.78, 5) is 8.95. The zero-order chi connectivity index (χ0) is 19.2. The molecule has 142 valence electrons. The second kappa shape index (κ2) is 13.3. The van der Waals surface area contributed by atoms with Crippen LogP contribution in [0.3, 0.4) is 0 Å². The molecule has 0 saturated heterocycles. The fourth-order valence-electron chi connectivity index (χ4n) is 2.83. The van der Waals surface area contributed by atoms with E-state index in [4.69, 9.17) is 4.79 Å². The van der Waals surface area contributed by atoms with Gasteiger partial charge in [-0.25, -0.2) is 0 Å². The first-order valence-corrected chi connectivity index (χ1v) is 10.6. The lowest BCUT2D eigenvalue weighted by molar-refractivity contribution is -0.126. The van der Waals surface area contributed by atoms with Crippen LogP contribution >= 0.6 is 0 Å². The SMILES string of the molecule is CCCc1ccccc1CC.COC=O.O=S1CCc2ccccc2C1. The summed E-state index contributed by atoms with van der Waals surface area (Å²) in [7, 11) is 0.711. The predicted octanol–water partition coefficient (Wildman–Crippen LogP) is 4.48. The summed E-state index contributed by atoms with van der Waals surface area (Å²) in [6.45, 7) is 4.82. The Morgan fingerprint density at radius 2 is 1.58 bits per heavy atom. The first-order chi connectivity index (χ1) is 12.7. The molecule has 3 rings (SSSR count). The fraction of sp³-hybridized carbons (Fsp3) is 0.409. The summed E-state index contributed by atoms with van der Waals surface area (Å²) in [5.74, 6) is 1.60. The molecule has 2 aromatic rings. The lowest BCUT2D eigenvalue weighted by Gasteiger charge is -2.13. The average molecular weight is 375 g/mol. The number of aryl methyl sites for hydroxylation is 3. The molecule has 1 unspecified atom stereocenters. The van der Waals surface area contributed by atoms with Crippen molar-refractivity contribution in [2.75, 3.05) is 12.9 Å². The topological polar surface area (TPSA) is 43.4 Å². The minimum atomic E-state index is -0.602. The second-order valence-corrected chi connectivity index (χ2v) is 7.59. The van der Waals surface area contributed by atoms with Crippen LogP contribution in [0.1, 0.15) is 42.5 Å². The Labute approximate surface area is 160 Å². The lowest BCUT2D eigenvalue weighted by Crippen LogP contribution is -2.12. The average Bonchev–Trinajstić information content (AvgIpc) is 2.69. The van der Waals surface area contributed by atoms with Gasteiger partial charge in [-0.15, -0.1) is 0 Å². The van der Waals surface area contributed by atoms with Gasteiger partial charge in [-0.1, -0.05) is 68.8 Å². The van der Waals surface area contributed by atoms with Crippen LogP contribution in [-0.4, -0.2) is 23.5 Å². The Kier molecular flexibility index (Phi) is 11.3. The molecule has 1 heterocycles. The van der Waals surface area contributed by atoms with Gasteiger partial charge in [-0.05, 0) is 41.5 Å². The molecule has 0 aromatic heterocycles. The van der Waals surface area contributed by atoms with Crippen molar-refractivity contribution in [3.63, 3.8) is 0 Å². The van der Waals surface area contributed by atoms with Crippen molar-refractivity contribution in [3.05, 3.63) is 70.8 Å². The molecule has 1 aliphatic heterocycles. The molecule has 4 heteroatoms. The first kappa shape index (κ1) is 22.1. The van der Waals surface area contributed by atoms with E-state index in [2.05, 4.69) is 55.0 Å². The maximum atomic E-state index is 11.1. The molecule has 0 spiro atoms. The Bertz CT molecular complexity index is 683. The number of hydrogen-bond donors (Lipinski definition) is 0. The van der Waals surface area contributed by atoms with E-state index < -0.39 is 10.8 Å². The van der Waals surface area contributed by atoms with Crippen LogP contribution in [0.5, 0.6) is 0 Å². The first-order valence-electron chi connectivity index (χ1n) is 9.11. The van der Waals surface area contributed by atoms with Gasteiger partial charge in [0, 0.05) is 22.3 Å². The van der Waals surface area contributed by atoms with Gasteiger partial charge in [0.15, 0.2) is 0 Å². The van der Waals surface area contributed by atoms with E-state index >= 15 is 0 Å². The zero-order valence-corrected chi connectivity index (χ0v) is 16.9. The van der Waals surface area contributed by atoms with Crippen molar-refractivity contribution in [3.8, 4) is 0 Å². The summed E-state index contributed by atoms with van der Waals surface area (Å²) in [6.07, 6.45) is 4.62. The van der Waals surface area contributed by atoms with Gasteiger partial charge in [-0.3, -0.25) is 9.00 Å². The van der Waals surface area contributed by atoms with Crippen LogP contribution in [0, 0.1) is 0 Å². The third-order valence-electron chi connectivity index (χ3n) is 4.15. The highest BCUT2D eigenvalue weighted by atomic mass is 32.2. The molecular formula is C22H30O3S. The van der Waals surface area contributed by atoms with Crippen LogP contribution < -0.4 is 0 Å². The number of rotatable bonds is 4. The third-order valence-corrected chi connectivity index (χ3v) is 5.44. The third kappa shape index (κ3) is 7.96. The van der Waals surface area contributed by atoms with Crippen LogP contribution in [-0.2, 0) is 45.3 Å². The van der Waals surface area contributed by atoms with Gasteiger partial charge in [0.2, 0.25) is 0 Å². The molecule has 0 fully saturated rings. The normalized spacial score (nSPS) is 14.7. The Morgan fingerprint density at radius 1 is 1.00 bits per heavy atom. The maximum Gasteiger partial charge on any atom is 0.292 e. The number of ether oxygens (including phenoxy) is 1. The molecule has 2 aromatic carbocycles. The van der Waals surface area contributed by atoms with Crippen LogP contribution in [0.2, 0.25) is 0 Å². The summed E-state index contributed by atoms with van der Waals surface area (Å²) >= 11 is 0. The fourth-order valence-corrected chi connectivity index (χ4v) is 4.05. The molecule has 1 aliphatic rings. The van der Waals surface area contributed by atoms with Gasteiger partial charge in [-0.2, -0.15) is 0 Å². The molecule has 0 radical (unpaired) electrons. The van der Waals surface area contributed by atoms with E-state index in [9.17, 15) is 4.21 Å². The molecule has 0 N–H and O–H groups in total. The van der Waals surface area contributed by atoms with E-state index in [1.807, 2.05) is 12.1 Å². The highest BCUT2D eigenvalue weighted by molar-refractivity contribution is 7.84. The smallest absolute Gasteiger partial charge is 0.292 e.